The van der Waals surface area contributed by atoms with E-state index in [0.29, 0.717) is 17.5 Å². The number of anilines is 2. The average molecular weight is 324 g/mol. The summed E-state index contributed by atoms with van der Waals surface area (Å²) in [5, 5.41) is 9.11. The van der Waals surface area contributed by atoms with Gasteiger partial charge in [-0.15, -0.1) is 0 Å². The van der Waals surface area contributed by atoms with E-state index in [0.717, 1.165) is 6.07 Å². The van der Waals surface area contributed by atoms with E-state index >= 15 is 0 Å². The topological polar surface area (TPSA) is 88.9 Å². The molecule has 0 spiro atoms. The van der Waals surface area contributed by atoms with Crippen LogP contribution in [0.15, 0.2) is 18.2 Å². The second-order valence-corrected chi connectivity index (χ2v) is 5.22. The molecule has 0 saturated carbocycles. The second-order valence-electron chi connectivity index (χ2n) is 4.81. The fourth-order valence-electron chi connectivity index (χ4n) is 2.18. The van der Waals surface area contributed by atoms with Crippen LogP contribution in [0, 0.1) is 12.7 Å². The van der Waals surface area contributed by atoms with Gasteiger partial charge < -0.3 is 5.32 Å². The summed E-state index contributed by atoms with van der Waals surface area (Å²) < 4.78 is 14.5. The van der Waals surface area contributed by atoms with Crippen molar-refractivity contribution < 1.29 is 14.0 Å². The molecule has 0 unspecified atom stereocenters. The summed E-state index contributed by atoms with van der Waals surface area (Å²) in [5.74, 6) is -0.500. The lowest BCUT2D eigenvalue weighted by Crippen LogP contribution is -2.23. The second kappa shape index (κ2) is 5.38. The first-order valence-corrected chi connectivity index (χ1v) is 6.81. The monoisotopic (exact) mass is 323 g/mol. The number of nitrogens with zero attached hydrogens (tertiary/aromatic N) is 3. The molecule has 9 heteroatoms. The lowest BCUT2D eigenvalue weighted by molar-refractivity contribution is -0.123. The van der Waals surface area contributed by atoms with Gasteiger partial charge in [0, 0.05) is 5.69 Å². The first-order valence-electron chi connectivity index (χ1n) is 6.43. The first kappa shape index (κ1) is 14.5. The maximum Gasteiger partial charge on any atom is 0.252 e. The number of rotatable bonds is 3. The van der Waals surface area contributed by atoms with Crippen molar-refractivity contribution in [3.05, 3.63) is 34.9 Å². The largest absolute Gasteiger partial charge is 0.326 e. The van der Waals surface area contributed by atoms with Crippen LogP contribution in [-0.4, -0.2) is 26.6 Å². The molecule has 0 fully saturated rings. The Labute approximate surface area is 129 Å². The predicted octanol–water partition coefficient (Wildman–Crippen LogP) is 1.90. The smallest absolute Gasteiger partial charge is 0.252 e. The number of carbonyl (C=O) groups is 2. The molecule has 22 heavy (non-hydrogen) atoms. The Morgan fingerprint density at radius 3 is 3.05 bits per heavy atom. The minimum Gasteiger partial charge on any atom is -0.326 e. The highest BCUT2D eigenvalue weighted by Gasteiger charge is 2.34. The Morgan fingerprint density at radius 2 is 2.32 bits per heavy atom. The first-order chi connectivity index (χ1) is 10.4. The summed E-state index contributed by atoms with van der Waals surface area (Å²) in [4.78, 5) is 27.9. The number of benzene rings is 1. The summed E-state index contributed by atoms with van der Waals surface area (Å²) in [7, 11) is 0. The summed E-state index contributed by atoms with van der Waals surface area (Å²) in [6.45, 7) is 1.69. The molecule has 0 aliphatic carbocycles. The third kappa shape index (κ3) is 2.64. The highest BCUT2D eigenvalue weighted by molar-refractivity contribution is 6.31. The van der Waals surface area contributed by atoms with Crippen LogP contribution in [0.1, 0.15) is 18.3 Å². The van der Waals surface area contributed by atoms with E-state index in [9.17, 15) is 14.0 Å². The van der Waals surface area contributed by atoms with Crippen LogP contribution in [0.25, 0.3) is 0 Å². The van der Waals surface area contributed by atoms with Gasteiger partial charge in [-0.1, -0.05) is 11.6 Å². The van der Waals surface area contributed by atoms with Gasteiger partial charge in [0.15, 0.2) is 0 Å². The van der Waals surface area contributed by atoms with Gasteiger partial charge in [0.2, 0.25) is 11.9 Å². The Kier molecular flexibility index (Phi) is 3.53. The zero-order valence-corrected chi connectivity index (χ0v) is 12.2. The van der Waals surface area contributed by atoms with E-state index in [1.54, 1.807) is 6.92 Å². The van der Waals surface area contributed by atoms with E-state index in [4.69, 9.17) is 11.6 Å². The molecule has 0 radical (unpaired) electrons. The van der Waals surface area contributed by atoms with Gasteiger partial charge in [0.05, 0.1) is 11.4 Å². The minimum absolute atomic E-state index is 0.0920. The summed E-state index contributed by atoms with van der Waals surface area (Å²) >= 11 is 5.65. The number of hydrogen-bond donors (Lipinski definition) is 2. The van der Waals surface area contributed by atoms with Crippen molar-refractivity contribution in [1.29, 1.82) is 0 Å². The van der Waals surface area contributed by atoms with Gasteiger partial charge in [-0.25, -0.2) is 9.07 Å². The molecule has 2 N–H and O–H groups in total. The summed E-state index contributed by atoms with van der Waals surface area (Å²) in [6.07, 6.45) is -0.114. The van der Waals surface area contributed by atoms with Crippen molar-refractivity contribution in [2.45, 2.75) is 19.4 Å². The van der Waals surface area contributed by atoms with Gasteiger partial charge >= 0.3 is 0 Å². The summed E-state index contributed by atoms with van der Waals surface area (Å²) in [5.41, 5.74) is 0.352. The third-order valence-corrected chi connectivity index (χ3v) is 3.44. The molecule has 1 aliphatic rings. The number of carbonyl (C=O) groups excluding carboxylic acids is 2. The molecular weight excluding hydrogens is 313 g/mol. The van der Waals surface area contributed by atoms with Crippen LogP contribution in [0.5, 0.6) is 0 Å². The van der Waals surface area contributed by atoms with Crippen molar-refractivity contribution in [1.82, 2.24) is 14.8 Å². The lowest BCUT2D eigenvalue weighted by atomic mass is 10.2. The predicted molar refractivity (Wildman–Crippen MR) is 77.1 cm³/mol. The number of aryl methyl sites for hydroxylation is 1. The molecule has 0 saturated heterocycles. The van der Waals surface area contributed by atoms with E-state index in [-0.39, 0.29) is 17.4 Å². The molecule has 2 amide bonds. The molecule has 2 aromatic rings. The van der Waals surface area contributed by atoms with Gasteiger partial charge in [0.25, 0.3) is 5.91 Å². The van der Waals surface area contributed by atoms with Crippen LogP contribution < -0.4 is 10.6 Å². The lowest BCUT2D eigenvalue weighted by Gasteiger charge is -2.10. The molecule has 3 rings (SSSR count). The number of nitrogens with one attached hydrogen (secondary N) is 2. The molecule has 1 aromatic heterocycles. The molecule has 7 nitrogen and oxygen atoms in total. The zero-order valence-electron chi connectivity index (χ0n) is 11.4. The van der Waals surface area contributed by atoms with Crippen LogP contribution in [0.2, 0.25) is 5.02 Å². The van der Waals surface area contributed by atoms with Crippen molar-refractivity contribution in [3.63, 3.8) is 0 Å². The molecule has 0 bridgehead atoms. The standard InChI is InChI=1S/C13H11ClFN5O2/c1-6-16-13-18-12(22)10(20(13)19-6)5-11(21)17-7-2-3-9(15)8(14)4-7/h2-4,10H,5H2,1H3,(H,17,21)(H,16,18,19,22)/t10-/m0/s1. The van der Waals surface area contributed by atoms with Crippen LogP contribution >= 0.6 is 11.6 Å². The normalized spacial score (nSPS) is 16.3. The molecule has 1 atom stereocenters. The van der Waals surface area contributed by atoms with Crippen molar-refractivity contribution in [3.8, 4) is 0 Å². The Balaban J connectivity index is 1.71. The summed E-state index contributed by atoms with van der Waals surface area (Å²) in [6, 6.07) is 3.08. The Bertz CT molecular complexity index is 776. The van der Waals surface area contributed by atoms with Gasteiger partial charge in [-0.05, 0) is 25.1 Å². The number of hydrogen-bond acceptors (Lipinski definition) is 4. The fourth-order valence-corrected chi connectivity index (χ4v) is 2.36. The van der Waals surface area contributed by atoms with Gasteiger partial charge in [-0.3, -0.25) is 14.9 Å². The average Bonchev–Trinajstić information content (AvgIpc) is 2.92. The Hall–Kier alpha value is -2.48. The van der Waals surface area contributed by atoms with E-state index < -0.39 is 17.8 Å². The van der Waals surface area contributed by atoms with Crippen LogP contribution in [0.4, 0.5) is 16.0 Å². The molecule has 1 aromatic carbocycles. The van der Waals surface area contributed by atoms with Gasteiger partial charge in [0.1, 0.15) is 17.7 Å². The molecule has 114 valence electrons. The minimum atomic E-state index is -0.757. The highest BCUT2D eigenvalue weighted by Crippen LogP contribution is 2.25. The van der Waals surface area contributed by atoms with Crippen molar-refractivity contribution >= 4 is 35.1 Å². The zero-order chi connectivity index (χ0) is 15.9. The molecule has 2 heterocycles. The maximum absolute atomic E-state index is 13.1. The molecular formula is C13H11ClFN5O2. The highest BCUT2D eigenvalue weighted by atomic mass is 35.5. The maximum atomic E-state index is 13.1. The SMILES string of the molecule is Cc1nc2n(n1)[C@@H](CC(=O)Nc1ccc(F)c(Cl)c1)C(=O)N2. The third-order valence-electron chi connectivity index (χ3n) is 3.15. The van der Waals surface area contributed by atoms with Crippen molar-refractivity contribution in [2.75, 3.05) is 10.6 Å². The van der Waals surface area contributed by atoms with Crippen molar-refractivity contribution in [2.24, 2.45) is 0 Å². The fraction of sp³-hybridized carbons (Fsp3) is 0.231. The van der Waals surface area contributed by atoms with Gasteiger partial charge in [-0.2, -0.15) is 10.1 Å². The van der Waals surface area contributed by atoms with Crippen LogP contribution in [0.3, 0.4) is 0 Å². The van der Waals surface area contributed by atoms with Crippen LogP contribution in [-0.2, 0) is 9.59 Å². The van der Waals surface area contributed by atoms with E-state index in [2.05, 4.69) is 20.7 Å². The van der Waals surface area contributed by atoms with E-state index in [1.165, 1.54) is 16.8 Å². The van der Waals surface area contributed by atoms with E-state index in [1.807, 2.05) is 0 Å². The quantitative estimate of drug-likeness (QED) is 0.903. The number of aromatic nitrogens is 3. The Morgan fingerprint density at radius 1 is 1.55 bits per heavy atom. The molecule has 1 aliphatic heterocycles. The number of halogens is 2. The number of fused-ring (bicyclic) bond motifs is 1. The number of amides is 2.